The van der Waals surface area contributed by atoms with Crippen molar-refractivity contribution in [2.24, 2.45) is 5.92 Å². The second-order valence-electron chi connectivity index (χ2n) is 5.56. The fourth-order valence-electron chi connectivity index (χ4n) is 2.47. The third kappa shape index (κ3) is 2.69. The summed E-state index contributed by atoms with van der Waals surface area (Å²) in [6, 6.07) is 6.88. The first-order valence-corrected chi connectivity index (χ1v) is 7.27. The Hall–Kier alpha value is -1.84. The first-order valence-electron chi connectivity index (χ1n) is 7.27. The Labute approximate surface area is 120 Å². The molecule has 1 N–H and O–H groups in total. The summed E-state index contributed by atoms with van der Waals surface area (Å²) >= 11 is 0. The summed E-state index contributed by atoms with van der Waals surface area (Å²) in [5, 5.41) is 2.86. The van der Waals surface area contributed by atoms with Gasteiger partial charge in [0, 0.05) is 6.54 Å². The van der Waals surface area contributed by atoms with Crippen molar-refractivity contribution < 1.29 is 9.59 Å². The van der Waals surface area contributed by atoms with E-state index in [0.29, 0.717) is 12.1 Å². The zero-order chi connectivity index (χ0) is 14.7. The molecule has 0 spiro atoms. The second-order valence-corrected chi connectivity index (χ2v) is 5.56. The van der Waals surface area contributed by atoms with Gasteiger partial charge in [0.25, 0.3) is 5.91 Å². The van der Waals surface area contributed by atoms with E-state index >= 15 is 0 Å². The average molecular weight is 274 g/mol. The summed E-state index contributed by atoms with van der Waals surface area (Å²) in [4.78, 5) is 26.8. The summed E-state index contributed by atoms with van der Waals surface area (Å²) in [7, 11) is 0. The lowest BCUT2D eigenvalue weighted by Crippen LogP contribution is -2.49. The fourth-order valence-corrected chi connectivity index (χ4v) is 2.47. The quantitative estimate of drug-likeness (QED) is 0.917. The molecule has 2 amide bonds. The number of rotatable bonds is 4. The summed E-state index contributed by atoms with van der Waals surface area (Å²) < 4.78 is 0. The van der Waals surface area contributed by atoms with Crippen molar-refractivity contribution in [1.82, 2.24) is 5.32 Å². The lowest BCUT2D eigenvalue weighted by Gasteiger charge is -2.26. The molecule has 0 saturated heterocycles. The van der Waals surface area contributed by atoms with Crippen LogP contribution in [0.25, 0.3) is 0 Å². The minimum Gasteiger partial charge on any atom is -0.340 e. The smallest absolute Gasteiger partial charge is 0.254 e. The normalized spacial score (nSPS) is 18.8. The number of hydrogen-bond donors (Lipinski definition) is 1. The number of carbonyl (C=O) groups excluding carboxylic acids is 2. The van der Waals surface area contributed by atoms with Crippen LogP contribution in [0.15, 0.2) is 24.3 Å². The number of anilines is 1. The molecule has 4 nitrogen and oxygen atoms in total. The highest BCUT2D eigenvalue weighted by Gasteiger charge is 2.34. The third-order valence-electron chi connectivity index (χ3n) is 3.66. The van der Waals surface area contributed by atoms with Gasteiger partial charge >= 0.3 is 0 Å². The first-order chi connectivity index (χ1) is 9.56. The summed E-state index contributed by atoms with van der Waals surface area (Å²) in [5.74, 6) is -0.0942. The predicted molar refractivity (Wildman–Crippen MR) is 79.8 cm³/mol. The molecule has 1 aliphatic rings. The number of nitrogens with zero attached hydrogens (tertiary/aromatic N) is 1. The molecule has 1 aromatic rings. The van der Waals surface area contributed by atoms with Gasteiger partial charge in [-0.15, -0.1) is 0 Å². The van der Waals surface area contributed by atoms with Crippen molar-refractivity contribution in [2.75, 3.05) is 11.4 Å². The number of fused-ring (bicyclic) bond motifs is 1. The molecular weight excluding hydrogens is 252 g/mol. The van der Waals surface area contributed by atoms with Gasteiger partial charge in [0.2, 0.25) is 5.91 Å². The molecule has 0 aliphatic carbocycles. The number of hydrogen-bond acceptors (Lipinski definition) is 2. The third-order valence-corrected chi connectivity index (χ3v) is 3.66. The predicted octanol–water partition coefficient (Wildman–Crippen LogP) is 2.59. The van der Waals surface area contributed by atoms with Crippen LogP contribution in [0.3, 0.4) is 0 Å². The first kappa shape index (κ1) is 14.6. The molecule has 4 heteroatoms. The van der Waals surface area contributed by atoms with Crippen LogP contribution in [0.1, 0.15) is 44.0 Å². The van der Waals surface area contributed by atoms with Gasteiger partial charge in [0.05, 0.1) is 11.3 Å². The Balaban J connectivity index is 2.45. The van der Waals surface area contributed by atoms with Crippen LogP contribution in [0.2, 0.25) is 0 Å². The molecule has 0 aromatic heterocycles. The van der Waals surface area contributed by atoms with Crippen LogP contribution in [-0.2, 0) is 4.79 Å². The van der Waals surface area contributed by atoms with Crippen LogP contribution in [0, 0.1) is 5.92 Å². The lowest BCUT2D eigenvalue weighted by atomic mass is 10.0. The molecule has 0 radical (unpaired) electrons. The van der Waals surface area contributed by atoms with Crippen LogP contribution >= 0.6 is 0 Å². The maximum Gasteiger partial charge on any atom is 0.254 e. The molecule has 0 bridgehead atoms. The molecule has 1 heterocycles. The zero-order valence-corrected chi connectivity index (χ0v) is 12.3. The Bertz CT molecular complexity index is 511. The lowest BCUT2D eigenvalue weighted by molar-refractivity contribution is -0.121. The van der Waals surface area contributed by atoms with Crippen LogP contribution in [-0.4, -0.2) is 24.4 Å². The van der Waals surface area contributed by atoms with E-state index < -0.39 is 6.04 Å². The van der Waals surface area contributed by atoms with E-state index in [4.69, 9.17) is 0 Å². The largest absolute Gasteiger partial charge is 0.340 e. The second kappa shape index (κ2) is 6.07. The Morgan fingerprint density at radius 1 is 1.25 bits per heavy atom. The zero-order valence-electron chi connectivity index (χ0n) is 12.3. The molecule has 0 saturated carbocycles. The van der Waals surface area contributed by atoms with Gasteiger partial charge in [0.15, 0.2) is 0 Å². The SMILES string of the molecule is CCCCN1C(=O)C(C(C)C)NC(=O)c2ccccc21. The van der Waals surface area contributed by atoms with Crippen molar-refractivity contribution in [2.45, 2.75) is 39.7 Å². The Kier molecular flexibility index (Phi) is 4.42. The van der Waals surface area contributed by atoms with Gasteiger partial charge in [-0.1, -0.05) is 39.3 Å². The molecular formula is C16H22N2O2. The summed E-state index contributed by atoms with van der Waals surface area (Å²) in [5.41, 5.74) is 1.31. The van der Waals surface area contributed by atoms with E-state index in [1.54, 1.807) is 11.0 Å². The van der Waals surface area contributed by atoms with E-state index in [2.05, 4.69) is 12.2 Å². The summed E-state index contributed by atoms with van der Waals surface area (Å²) in [6.45, 7) is 6.66. The van der Waals surface area contributed by atoms with Crippen LogP contribution in [0.4, 0.5) is 5.69 Å². The van der Waals surface area contributed by atoms with Gasteiger partial charge in [-0.25, -0.2) is 0 Å². The standard InChI is InChI=1S/C16H22N2O2/c1-4-5-10-18-13-9-7-6-8-12(13)15(19)17-14(11(2)3)16(18)20/h6-9,11,14H,4-5,10H2,1-3H3,(H,17,19). The number of benzene rings is 1. The van der Waals surface area contributed by atoms with Gasteiger partial charge in [-0.2, -0.15) is 0 Å². The Morgan fingerprint density at radius 2 is 1.95 bits per heavy atom. The van der Waals surface area contributed by atoms with Crippen LogP contribution in [0.5, 0.6) is 0 Å². The molecule has 2 rings (SSSR count). The van der Waals surface area contributed by atoms with Gasteiger partial charge in [-0.05, 0) is 24.5 Å². The maximum atomic E-state index is 12.7. The van der Waals surface area contributed by atoms with Gasteiger partial charge in [-0.3, -0.25) is 9.59 Å². The highest BCUT2D eigenvalue weighted by Crippen LogP contribution is 2.26. The number of para-hydroxylation sites is 1. The monoisotopic (exact) mass is 274 g/mol. The fraction of sp³-hybridized carbons (Fsp3) is 0.500. The molecule has 1 atom stereocenters. The van der Waals surface area contributed by atoms with E-state index in [1.807, 2.05) is 32.0 Å². The van der Waals surface area contributed by atoms with Crippen molar-refractivity contribution in [3.8, 4) is 0 Å². The molecule has 1 unspecified atom stereocenters. The van der Waals surface area contributed by atoms with Crippen molar-refractivity contribution in [3.63, 3.8) is 0 Å². The van der Waals surface area contributed by atoms with Gasteiger partial charge in [0.1, 0.15) is 6.04 Å². The van der Waals surface area contributed by atoms with E-state index in [1.165, 1.54) is 0 Å². The number of amides is 2. The Morgan fingerprint density at radius 3 is 2.60 bits per heavy atom. The summed E-state index contributed by atoms with van der Waals surface area (Å²) in [6.07, 6.45) is 1.94. The average Bonchev–Trinajstić information content (AvgIpc) is 2.54. The van der Waals surface area contributed by atoms with E-state index in [0.717, 1.165) is 18.5 Å². The highest BCUT2D eigenvalue weighted by atomic mass is 16.2. The maximum absolute atomic E-state index is 12.7. The van der Waals surface area contributed by atoms with E-state index in [-0.39, 0.29) is 17.7 Å². The van der Waals surface area contributed by atoms with E-state index in [9.17, 15) is 9.59 Å². The molecule has 108 valence electrons. The molecule has 1 aliphatic heterocycles. The minimum atomic E-state index is -0.452. The van der Waals surface area contributed by atoms with Crippen LogP contribution < -0.4 is 10.2 Å². The highest BCUT2D eigenvalue weighted by molar-refractivity contribution is 6.11. The van der Waals surface area contributed by atoms with Crippen molar-refractivity contribution >= 4 is 17.5 Å². The topological polar surface area (TPSA) is 49.4 Å². The molecule has 0 fully saturated rings. The number of unbranched alkanes of at least 4 members (excludes halogenated alkanes) is 1. The van der Waals surface area contributed by atoms with Gasteiger partial charge < -0.3 is 10.2 Å². The number of carbonyl (C=O) groups is 2. The molecule has 1 aromatic carbocycles. The molecule has 20 heavy (non-hydrogen) atoms. The number of nitrogens with one attached hydrogen (secondary N) is 1. The minimum absolute atomic E-state index is 0.00764. The van der Waals surface area contributed by atoms with Crippen molar-refractivity contribution in [1.29, 1.82) is 0 Å². The van der Waals surface area contributed by atoms with Crippen molar-refractivity contribution in [3.05, 3.63) is 29.8 Å².